The Morgan fingerprint density at radius 3 is 1.50 bits per heavy atom. The van der Waals surface area contributed by atoms with E-state index in [1.807, 2.05) is 19.9 Å². The molecule has 0 aromatic heterocycles. The van der Waals surface area contributed by atoms with E-state index >= 15 is 0 Å². The summed E-state index contributed by atoms with van der Waals surface area (Å²) < 4.78 is 0. The normalized spacial score (nSPS) is 10.5. The first-order valence-corrected chi connectivity index (χ1v) is 6.73. The van der Waals surface area contributed by atoms with Gasteiger partial charge in [-0.2, -0.15) is 0 Å². The Hall–Kier alpha value is -1.56. The maximum atomic E-state index is 2.24. The van der Waals surface area contributed by atoms with Crippen LogP contribution in [0.2, 0.25) is 0 Å². The predicted octanol–water partition coefficient (Wildman–Crippen LogP) is 5.68. The lowest BCUT2D eigenvalue weighted by molar-refractivity contribution is 0.590. The van der Waals surface area contributed by atoms with E-state index in [1.54, 1.807) is 0 Å². The molecule has 2 aromatic rings. The van der Waals surface area contributed by atoms with Gasteiger partial charge in [0.2, 0.25) is 0 Å². The quantitative estimate of drug-likeness (QED) is 0.601. The molecule has 0 N–H and O–H groups in total. The summed E-state index contributed by atoms with van der Waals surface area (Å²) in [6.45, 7) is 10.7. The highest BCUT2D eigenvalue weighted by atomic mass is 14.2. The van der Waals surface area contributed by atoms with E-state index in [0.717, 1.165) is 0 Å². The van der Waals surface area contributed by atoms with E-state index in [-0.39, 0.29) is 5.41 Å². The summed E-state index contributed by atoms with van der Waals surface area (Å²) in [7, 11) is 0. The molecule has 0 amide bonds. The van der Waals surface area contributed by atoms with Gasteiger partial charge in [-0.25, -0.2) is 0 Å². The average Bonchev–Trinajstić information content (AvgIpc) is 2.41. The van der Waals surface area contributed by atoms with Crippen LogP contribution in [-0.4, -0.2) is 0 Å². The van der Waals surface area contributed by atoms with Crippen LogP contribution in [0.4, 0.5) is 0 Å². The maximum Gasteiger partial charge on any atom is -0.0132 e. The molecule has 0 atom stereocenters. The fourth-order valence-electron chi connectivity index (χ4n) is 1.79. The zero-order valence-electron chi connectivity index (χ0n) is 12.2. The zero-order chi connectivity index (χ0) is 13.6. The first kappa shape index (κ1) is 14.5. The average molecular weight is 240 g/mol. The Balaban J connectivity index is 0.000000771. The van der Waals surface area contributed by atoms with Crippen molar-refractivity contribution in [2.75, 3.05) is 0 Å². The zero-order valence-corrected chi connectivity index (χ0v) is 12.2. The Morgan fingerprint density at radius 2 is 1.06 bits per heavy atom. The third-order valence-electron chi connectivity index (χ3n) is 2.86. The van der Waals surface area contributed by atoms with Gasteiger partial charge in [-0.15, -0.1) is 0 Å². The van der Waals surface area contributed by atoms with Gasteiger partial charge in [0.15, 0.2) is 0 Å². The van der Waals surface area contributed by atoms with Crippen LogP contribution >= 0.6 is 0 Å². The molecule has 18 heavy (non-hydrogen) atoms. The van der Waals surface area contributed by atoms with E-state index in [1.165, 1.54) is 16.7 Å². The summed E-state index contributed by atoms with van der Waals surface area (Å²) in [5.41, 5.74) is 4.18. The van der Waals surface area contributed by atoms with Crippen LogP contribution in [0.25, 0.3) is 11.1 Å². The molecule has 0 nitrogen and oxygen atoms in total. The van der Waals surface area contributed by atoms with E-state index in [9.17, 15) is 0 Å². The van der Waals surface area contributed by atoms with Crippen LogP contribution in [0.5, 0.6) is 0 Å². The number of benzene rings is 2. The molecule has 0 saturated carbocycles. The lowest BCUT2D eigenvalue weighted by Gasteiger charge is -2.19. The van der Waals surface area contributed by atoms with Gasteiger partial charge in [0, 0.05) is 0 Å². The Kier molecular flexibility index (Phi) is 5.15. The maximum absolute atomic E-state index is 2.24. The molecule has 0 aliphatic carbocycles. The monoisotopic (exact) mass is 240 g/mol. The van der Waals surface area contributed by atoms with Gasteiger partial charge >= 0.3 is 0 Å². The molecule has 0 unspecified atom stereocenters. The third-order valence-corrected chi connectivity index (χ3v) is 2.86. The van der Waals surface area contributed by atoms with Gasteiger partial charge in [0.1, 0.15) is 0 Å². The highest BCUT2D eigenvalue weighted by Crippen LogP contribution is 2.25. The molecule has 96 valence electrons. The van der Waals surface area contributed by atoms with Gasteiger partial charge in [-0.1, -0.05) is 89.2 Å². The van der Waals surface area contributed by atoms with Crippen LogP contribution in [0.3, 0.4) is 0 Å². The van der Waals surface area contributed by atoms with Crippen molar-refractivity contribution in [2.24, 2.45) is 0 Å². The molecule has 2 rings (SSSR count). The molecule has 0 heterocycles. The molecular weight excluding hydrogens is 216 g/mol. The first-order valence-electron chi connectivity index (χ1n) is 6.73. The Labute approximate surface area is 112 Å². The SMILES string of the molecule is CC.CC(C)(C)c1ccc(-c2ccccc2)cc1. The number of hydrogen-bond acceptors (Lipinski definition) is 0. The van der Waals surface area contributed by atoms with Gasteiger partial charge in [-0.3, -0.25) is 0 Å². The summed E-state index contributed by atoms with van der Waals surface area (Å²) in [5.74, 6) is 0. The minimum Gasteiger partial charge on any atom is -0.0683 e. The van der Waals surface area contributed by atoms with Crippen molar-refractivity contribution >= 4 is 0 Å². The lowest BCUT2D eigenvalue weighted by Crippen LogP contribution is -2.10. The molecule has 0 fully saturated rings. The second-order valence-electron chi connectivity index (χ2n) is 5.19. The second-order valence-corrected chi connectivity index (χ2v) is 5.19. The van der Waals surface area contributed by atoms with E-state index < -0.39 is 0 Å². The van der Waals surface area contributed by atoms with Crippen molar-refractivity contribution in [3.8, 4) is 11.1 Å². The summed E-state index contributed by atoms with van der Waals surface area (Å²) in [5, 5.41) is 0. The molecule has 0 heteroatoms. The van der Waals surface area contributed by atoms with E-state index in [0.29, 0.717) is 0 Å². The fourth-order valence-corrected chi connectivity index (χ4v) is 1.79. The summed E-state index contributed by atoms with van der Waals surface area (Å²) >= 11 is 0. The molecule has 0 spiro atoms. The molecule has 0 radical (unpaired) electrons. The van der Waals surface area contributed by atoms with Crippen molar-refractivity contribution in [1.82, 2.24) is 0 Å². The van der Waals surface area contributed by atoms with E-state index in [2.05, 4.69) is 69.3 Å². The van der Waals surface area contributed by atoms with Crippen LogP contribution < -0.4 is 0 Å². The number of rotatable bonds is 1. The largest absolute Gasteiger partial charge is 0.0683 e. The molecule has 0 saturated heterocycles. The highest BCUT2D eigenvalue weighted by molar-refractivity contribution is 5.63. The minimum absolute atomic E-state index is 0.231. The lowest BCUT2D eigenvalue weighted by atomic mass is 9.86. The van der Waals surface area contributed by atoms with Crippen molar-refractivity contribution < 1.29 is 0 Å². The smallest absolute Gasteiger partial charge is 0.0132 e. The van der Waals surface area contributed by atoms with Crippen molar-refractivity contribution in [2.45, 2.75) is 40.0 Å². The van der Waals surface area contributed by atoms with Crippen LogP contribution in [-0.2, 0) is 5.41 Å². The summed E-state index contributed by atoms with van der Waals surface area (Å²) in [6, 6.07) is 19.3. The van der Waals surface area contributed by atoms with Crippen molar-refractivity contribution in [3.05, 3.63) is 60.2 Å². The van der Waals surface area contributed by atoms with Crippen LogP contribution in [0.1, 0.15) is 40.2 Å². The number of hydrogen-bond donors (Lipinski definition) is 0. The summed E-state index contributed by atoms with van der Waals surface area (Å²) in [4.78, 5) is 0. The van der Waals surface area contributed by atoms with Crippen LogP contribution in [0.15, 0.2) is 54.6 Å². The molecule has 0 aliphatic heterocycles. The third kappa shape index (κ3) is 3.73. The second kappa shape index (κ2) is 6.39. The Bertz CT molecular complexity index is 444. The van der Waals surface area contributed by atoms with Crippen molar-refractivity contribution in [3.63, 3.8) is 0 Å². The van der Waals surface area contributed by atoms with Crippen LogP contribution in [0, 0.1) is 0 Å². The molecule has 0 bridgehead atoms. The van der Waals surface area contributed by atoms with Gasteiger partial charge in [-0.05, 0) is 22.1 Å². The minimum atomic E-state index is 0.231. The van der Waals surface area contributed by atoms with E-state index in [4.69, 9.17) is 0 Å². The fraction of sp³-hybridized carbons (Fsp3) is 0.333. The molecule has 2 aromatic carbocycles. The Morgan fingerprint density at radius 1 is 0.611 bits per heavy atom. The predicted molar refractivity (Wildman–Crippen MR) is 81.9 cm³/mol. The van der Waals surface area contributed by atoms with Gasteiger partial charge < -0.3 is 0 Å². The molecule has 0 aliphatic rings. The van der Waals surface area contributed by atoms with Gasteiger partial charge in [0.05, 0.1) is 0 Å². The summed E-state index contributed by atoms with van der Waals surface area (Å²) in [6.07, 6.45) is 0. The van der Waals surface area contributed by atoms with Gasteiger partial charge in [0.25, 0.3) is 0 Å². The van der Waals surface area contributed by atoms with Crippen molar-refractivity contribution in [1.29, 1.82) is 0 Å². The topological polar surface area (TPSA) is 0 Å². The molecular formula is C18H24. The standard InChI is InChI=1S/C16H18.C2H6/c1-16(2,3)15-11-9-14(10-12-15)13-7-5-4-6-8-13;1-2/h4-12H,1-3H3;1-2H3. The first-order chi connectivity index (χ1) is 8.57. The highest BCUT2D eigenvalue weighted by Gasteiger charge is 2.12.